The molecule has 1 fully saturated rings. The van der Waals surface area contributed by atoms with Crippen LogP contribution in [-0.4, -0.2) is 51.1 Å². The Morgan fingerprint density at radius 3 is 2.66 bits per heavy atom. The normalized spacial score (nSPS) is 18.7. The van der Waals surface area contributed by atoms with Crippen molar-refractivity contribution < 1.29 is 41.4 Å². The van der Waals surface area contributed by atoms with Gasteiger partial charge in [-0.2, -0.15) is 18.4 Å². The number of ether oxygens (including phenoxy) is 1. The van der Waals surface area contributed by atoms with Gasteiger partial charge in [0.1, 0.15) is 17.4 Å². The molecule has 2 aliphatic rings. The number of aliphatic hydroxyl groups is 1. The molecule has 14 heteroatoms. The lowest BCUT2D eigenvalue weighted by Crippen LogP contribution is -2.60. The molecule has 2 aliphatic heterocycles. The maximum Gasteiger partial charge on any atom is 0.416 e. The van der Waals surface area contributed by atoms with E-state index in [2.05, 4.69) is 10.3 Å². The monoisotopic (exact) mass is 613 g/mol. The molecule has 0 aliphatic carbocycles. The Labute approximate surface area is 247 Å². The van der Waals surface area contributed by atoms with Crippen molar-refractivity contribution in [2.75, 3.05) is 19.0 Å². The van der Waals surface area contributed by atoms with Crippen LogP contribution in [0.25, 0.3) is 11.1 Å². The van der Waals surface area contributed by atoms with Crippen molar-refractivity contribution in [2.45, 2.75) is 38.0 Å². The molecule has 1 atom stereocenters. The van der Waals surface area contributed by atoms with Gasteiger partial charge in [0.15, 0.2) is 23.1 Å². The van der Waals surface area contributed by atoms with Crippen LogP contribution in [0.15, 0.2) is 60.0 Å². The van der Waals surface area contributed by atoms with Crippen molar-refractivity contribution in [2.24, 2.45) is 0 Å². The Kier molecular flexibility index (Phi) is 7.77. The first-order valence-corrected chi connectivity index (χ1v) is 13.2. The number of methoxy groups -OCH3 is 1. The van der Waals surface area contributed by atoms with Crippen LogP contribution >= 0.6 is 0 Å². The predicted octanol–water partition coefficient (Wildman–Crippen LogP) is 5.49. The van der Waals surface area contributed by atoms with E-state index in [0.717, 1.165) is 35.5 Å². The number of nitrogens with zero attached hydrogens (tertiary/aromatic N) is 4. The maximum atomic E-state index is 14.6. The molecule has 2 aromatic carbocycles. The average molecular weight is 614 g/mol. The first-order chi connectivity index (χ1) is 20.8. The minimum atomic E-state index is -4.76. The van der Waals surface area contributed by atoms with Gasteiger partial charge in [0, 0.05) is 35.1 Å². The Morgan fingerprint density at radius 1 is 1.23 bits per heavy atom. The minimum Gasteiger partial charge on any atom is -0.509 e. The van der Waals surface area contributed by atoms with Gasteiger partial charge in [0.2, 0.25) is 0 Å². The zero-order valence-electron chi connectivity index (χ0n) is 23.3. The van der Waals surface area contributed by atoms with Crippen LogP contribution in [0.4, 0.5) is 27.6 Å². The number of carbonyl (C=O) groups is 2. The molecule has 2 N–H and O–H groups in total. The summed E-state index contributed by atoms with van der Waals surface area (Å²) in [7, 11) is 1.24. The molecule has 5 rings (SSSR count). The Morgan fingerprint density at radius 2 is 1.98 bits per heavy atom. The van der Waals surface area contributed by atoms with E-state index in [0.29, 0.717) is 12.8 Å². The van der Waals surface area contributed by atoms with Gasteiger partial charge in [-0.3, -0.25) is 14.6 Å². The van der Waals surface area contributed by atoms with Crippen molar-refractivity contribution in [1.29, 1.82) is 5.26 Å². The standard InChI is InChI=1S/C30H24F5N5O4/c1-29-9-4-10-40(29)39(15-16-5-3-6-20(31)25(16)32)28(43)24(26(29)41)27(42)38-21-8-7-18(30(33,34)35)12-19(21)17-11-23(44-2)22(13-36)37-14-17/h3,5-8,11-12,14,41H,4,9-10,15H2,1-2H3,(H,38,42)/t29-/m1/s1. The lowest BCUT2D eigenvalue weighted by Gasteiger charge is -2.46. The SMILES string of the molecule is COc1cc(-c2cc(C(F)(F)F)ccc2NC(=O)C2=C(O)[C@@]3(C)CCCN3N(Cc3cccc(F)c3F)C2=O)cnc1C#N. The van der Waals surface area contributed by atoms with Crippen molar-refractivity contribution in [3.8, 4) is 22.9 Å². The third-order valence-corrected chi connectivity index (χ3v) is 7.75. The summed E-state index contributed by atoms with van der Waals surface area (Å²) in [6, 6.07) is 9.01. The van der Waals surface area contributed by atoms with E-state index < -0.39 is 58.6 Å². The highest BCUT2D eigenvalue weighted by Gasteiger charge is 2.52. The number of nitriles is 1. The molecule has 0 saturated carbocycles. The van der Waals surface area contributed by atoms with E-state index in [9.17, 15) is 41.9 Å². The highest BCUT2D eigenvalue weighted by Crippen LogP contribution is 2.43. The topological polar surface area (TPSA) is 119 Å². The fourth-order valence-corrected chi connectivity index (χ4v) is 5.46. The van der Waals surface area contributed by atoms with Gasteiger partial charge in [-0.15, -0.1) is 0 Å². The smallest absolute Gasteiger partial charge is 0.416 e. The number of amides is 2. The number of hydrazine groups is 1. The molecular formula is C30H24F5N5O4. The number of carbonyl (C=O) groups excluding carboxylic acids is 2. The van der Waals surface area contributed by atoms with Crippen molar-refractivity contribution in [3.05, 3.63) is 88.4 Å². The quantitative estimate of drug-likeness (QED) is 0.279. The number of aromatic nitrogens is 1. The molecular weight excluding hydrogens is 589 g/mol. The van der Waals surface area contributed by atoms with Crippen LogP contribution in [0.3, 0.4) is 0 Å². The second-order valence-electron chi connectivity index (χ2n) is 10.4. The lowest BCUT2D eigenvalue weighted by molar-refractivity contribution is -0.160. The molecule has 2 amide bonds. The number of hydrogen-bond acceptors (Lipinski definition) is 7. The van der Waals surface area contributed by atoms with Crippen LogP contribution < -0.4 is 10.1 Å². The fraction of sp³-hybridized carbons (Fsp3) is 0.267. The highest BCUT2D eigenvalue weighted by atomic mass is 19.4. The molecule has 3 aromatic rings. The van der Waals surface area contributed by atoms with Gasteiger partial charge in [0.25, 0.3) is 11.8 Å². The van der Waals surface area contributed by atoms with Crippen LogP contribution in [0, 0.1) is 23.0 Å². The van der Waals surface area contributed by atoms with Gasteiger partial charge < -0.3 is 15.2 Å². The third-order valence-electron chi connectivity index (χ3n) is 7.75. The molecule has 1 aromatic heterocycles. The molecule has 0 radical (unpaired) electrons. The Bertz CT molecular complexity index is 1750. The number of fused-ring (bicyclic) bond motifs is 1. The summed E-state index contributed by atoms with van der Waals surface area (Å²) in [6.45, 7) is 1.40. The zero-order valence-corrected chi connectivity index (χ0v) is 23.3. The lowest BCUT2D eigenvalue weighted by atomic mass is 9.90. The fourth-order valence-electron chi connectivity index (χ4n) is 5.46. The van der Waals surface area contributed by atoms with Crippen LogP contribution in [0.2, 0.25) is 0 Å². The Hall–Kier alpha value is -5.03. The first kappa shape index (κ1) is 30.4. The number of nitrogens with one attached hydrogen (secondary N) is 1. The third kappa shape index (κ3) is 5.19. The van der Waals surface area contributed by atoms with E-state index in [-0.39, 0.29) is 40.4 Å². The van der Waals surface area contributed by atoms with Crippen LogP contribution in [0.1, 0.15) is 36.6 Å². The summed E-state index contributed by atoms with van der Waals surface area (Å²) in [5.74, 6) is -5.05. The maximum absolute atomic E-state index is 14.6. The van der Waals surface area contributed by atoms with Crippen molar-refractivity contribution >= 4 is 17.5 Å². The molecule has 0 bridgehead atoms. The molecule has 3 heterocycles. The zero-order chi connectivity index (χ0) is 32.0. The number of rotatable bonds is 6. The molecule has 0 spiro atoms. The molecule has 228 valence electrons. The Balaban J connectivity index is 1.57. The van der Waals surface area contributed by atoms with Crippen LogP contribution in [0.5, 0.6) is 5.75 Å². The van der Waals surface area contributed by atoms with Crippen molar-refractivity contribution in [1.82, 2.24) is 15.0 Å². The van der Waals surface area contributed by atoms with Crippen molar-refractivity contribution in [3.63, 3.8) is 0 Å². The number of alkyl halides is 3. The molecule has 1 saturated heterocycles. The second kappa shape index (κ2) is 11.2. The molecule has 44 heavy (non-hydrogen) atoms. The summed E-state index contributed by atoms with van der Waals surface area (Å²) in [5, 5.41) is 25.5. The molecule has 0 unspecified atom stereocenters. The summed E-state index contributed by atoms with van der Waals surface area (Å²) in [4.78, 5) is 31.3. The highest BCUT2D eigenvalue weighted by molar-refractivity contribution is 6.24. The number of halogens is 5. The van der Waals surface area contributed by atoms with Gasteiger partial charge in [-0.05, 0) is 50.1 Å². The number of hydrogen-bond donors (Lipinski definition) is 2. The number of aliphatic hydroxyl groups excluding tert-OH is 1. The number of pyridine rings is 1. The number of benzene rings is 2. The van der Waals surface area contributed by atoms with Gasteiger partial charge >= 0.3 is 6.18 Å². The summed E-state index contributed by atoms with van der Waals surface area (Å²) < 4.78 is 74.6. The largest absolute Gasteiger partial charge is 0.509 e. The van der Waals surface area contributed by atoms with E-state index in [1.807, 2.05) is 0 Å². The minimum absolute atomic E-state index is 0.0306. The van der Waals surface area contributed by atoms with E-state index in [1.54, 1.807) is 13.0 Å². The second-order valence-corrected chi connectivity index (χ2v) is 10.4. The van der Waals surface area contributed by atoms with E-state index in [4.69, 9.17) is 4.74 Å². The van der Waals surface area contributed by atoms with Gasteiger partial charge in [-0.1, -0.05) is 12.1 Å². The summed E-state index contributed by atoms with van der Waals surface area (Å²) in [5.41, 5.74) is -3.59. The van der Waals surface area contributed by atoms with Gasteiger partial charge in [0.05, 0.1) is 24.8 Å². The predicted molar refractivity (Wildman–Crippen MR) is 145 cm³/mol. The first-order valence-electron chi connectivity index (χ1n) is 13.2. The summed E-state index contributed by atoms with van der Waals surface area (Å²) >= 11 is 0. The molecule has 9 nitrogen and oxygen atoms in total. The van der Waals surface area contributed by atoms with E-state index >= 15 is 0 Å². The van der Waals surface area contributed by atoms with Gasteiger partial charge in [-0.25, -0.2) is 18.8 Å². The average Bonchev–Trinajstić information content (AvgIpc) is 3.39. The number of anilines is 1. The summed E-state index contributed by atoms with van der Waals surface area (Å²) in [6.07, 6.45) is -2.81. The van der Waals surface area contributed by atoms with E-state index in [1.165, 1.54) is 30.3 Å². The van der Waals surface area contributed by atoms with Crippen LogP contribution in [-0.2, 0) is 22.3 Å².